The van der Waals surface area contributed by atoms with E-state index in [0.29, 0.717) is 17.8 Å². The zero-order chi connectivity index (χ0) is 22.1. The van der Waals surface area contributed by atoms with Gasteiger partial charge in [-0.1, -0.05) is 29.5 Å². The van der Waals surface area contributed by atoms with Crippen LogP contribution in [0.5, 0.6) is 5.75 Å². The average Bonchev–Trinajstić information content (AvgIpc) is 3.39. The van der Waals surface area contributed by atoms with E-state index in [1.165, 1.54) is 0 Å². The maximum atomic E-state index is 12.6. The number of ether oxygens (including phenoxy) is 2. The summed E-state index contributed by atoms with van der Waals surface area (Å²) in [5.74, 6) is 0.251. The van der Waals surface area contributed by atoms with Gasteiger partial charge in [0.25, 0.3) is 0 Å². The van der Waals surface area contributed by atoms with Crippen molar-refractivity contribution >= 4 is 5.97 Å². The summed E-state index contributed by atoms with van der Waals surface area (Å²) >= 11 is 0. The number of aliphatic hydroxyl groups excluding tert-OH is 1. The first kappa shape index (κ1) is 20.0. The quantitative estimate of drug-likeness (QED) is 0.412. The van der Waals surface area contributed by atoms with E-state index >= 15 is 0 Å². The van der Waals surface area contributed by atoms with E-state index in [2.05, 4.69) is 15.3 Å². The minimum Gasteiger partial charge on any atom is -0.487 e. The molecule has 1 aliphatic rings. The lowest BCUT2D eigenvalue weighted by molar-refractivity contribution is 0.0519. The van der Waals surface area contributed by atoms with Crippen LogP contribution in [0.3, 0.4) is 0 Å². The molecule has 162 valence electrons. The SMILES string of the molecule is CCOC(=O)c1ncn2c1Cc1c(COc3ccccc3)nnn1-c1cc(CO)ccc1-2. The molecule has 0 atom stereocenters. The normalized spacial score (nSPS) is 11.8. The number of hydrogen-bond acceptors (Lipinski definition) is 7. The molecule has 4 aromatic rings. The fourth-order valence-corrected chi connectivity index (χ4v) is 3.80. The van der Waals surface area contributed by atoms with Gasteiger partial charge >= 0.3 is 5.97 Å². The van der Waals surface area contributed by atoms with Crippen LogP contribution < -0.4 is 4.74 Å². The molecule has 32 heavy (non-hydrogen) atoms. The Kier molecular flexibility index (Phi) is 5.16. The summed E-state index contributed by atoms with van der Waals surface area (Å²) in [7, 11) is 0. The van der Waals surface area contributed by atoms with Gasteiger partial charge in [-0.05, 0) is 36.8 Å². The van der Waals surface area contributed by atoms with Gasteiger partial charge in [0.1, 0.15) is 24.4 Å². The Morgan fingerprint density at radius 1 is 1.12 bits per heavy atom. The van der Waals surface area contributed by atoms with Crippen molar-refractivity contribution in [2.75, 3.05) is 6.61 Å². The first-order valence-electron chi connectivity index (χ1n) is 10.3. The molecule has 9 heteroatoms. The van der Waals surface area contributed by atoms with Crippen molar-refractivity contribution in [3.05, 3.63) is 83.2 Å². The van der Waals surface area contributed by atoms with Crippen molar-refractivity contribution in [3.63, 3.8) is 0 Å². The molecular weight excluding hydrogens is 410 g/mol. The minimum absolute atomic E-state index is 0.105. The molecule has 0 spiro atoms. The van der Waals surface area contributed by atoms with Gasteiger partial charge in [0.05, 0.1) is 36.0 Å². The number of para-hydroxylation sites is 1. The predicted molar refractivity (Wildman–Crippen MR) is 114 cm³/mol. The molecule has 0 fully saturated rings. The standard InChI is InChI=1S/C23H21N5O4/c1-2-31-23(30)22-21-11-19-17(13-32-16-6-4-3-5-7-16)25-26-28(19)20-10-15(12-29)8-9-18(20)27(21)14-24-22/h3-10,14,29H,2,11-13H2,1H3. The average molecular weight is 431 g/mol. The first-order chi connectivity index (χ1) is 15.7. The zero-order valence-corrected chi connectivity index (χ0v) is 17.4. The highest BCUT2D eigenvalue weighted by Gasteiger charge is 2.29. The van der Waals surface area contributed by atoms with Gasteiger partial charge in [0.2, 0.25) is 0 Å². The van der Waals surface area contributed by atoms with Crippen molar-refractivity contribution in [2.45, 2.75) is 26.6 Å². The molecule has 2 aromatic carbocycles. The van der Waals surface area contributed by atoms with Crippen molar-refractivity contribution in [3.8, 4) is 17.1 Å². The summed E-state index contributed by atoms with van der Waals surface area (Å²) in [5.41, 5.74) is 4.62. The van der Waals surface area contributed by atoms with Gasteiger partial charge in [0.15, 0.2) is 5.69 Å². The third kappa shape index (κ3) is 3.42. The van der Waals surface area contributed by atoms with E-state index in [9.17, 15) is 9.90 Å². The molecule has 0 bridgehead atoms. The maximum absolute atomic E-state index is 12.6. The monoisotopic (exact) mass is 431 g/mol. The molecule has 9 nitrogen and oxygen atoms in total. The Bertz CT molecular complexity index is 1280. The highest BCUT2D eigenvalue weighted by atomic mass is 16.5. The molecule has 3 heterocycles. The second-order valence-corrected chi connectivity index (χ2v) is 7.28. The number of esters is 1. The number of nitrogens with zero attached hydrogens (tertiary/aromatic N) is 5. The lowest BCUT2D eigenvalue weighted by Crippen LogP contribution is -2.11. The molecule has 1 aliphatic heterocycles. The summed E-state index contributed by atoms with van der Waals surface area (Å²) < 4.78 is 14.7. The molecule has 5 rings (SSSR count). The summed E-state index contributed by atoms with van der Waals surface area (Å²) in [6, 6.07) is 15.0. The van der Waals surface area contributed by atoms with Gasteiger partial charge in [0, 0.05) is 6.42 Å². The lowest BCUT2D eigenvalue weighted by atomic mass is 10.1. The number of carbonyl (C=O) groups is 1. The Labute approximate surface area is 183 Å². The zero-order valence-electron chi connectivity index (χ0n) is 17.4. The highest BCUT2D eigenvalue weighted by Crippen LogP contribution is 2.31. The lowest BCUT2D eigenvalue weighted by Gasteiger charge is -2.11. The Morgan fingerprint density at radius 3 is 2.75 bits per heavy atom. The van der Waals surface area contributed by atoms with E-state index in [0.717, 1.165) is 28.4 Å². The molecular formula is C23H21N5O4. The predicted octanol–water partition coefficient (Wildman–Crippen LogP) is 2.61. The molecule has 0 saturated heterocycles. The van der Waals surface area contributed by atoms with Crippen LogP contribution in [0.15, 0.2) is 54.9 Å². The van der Waals surface area contributed by atoms with E-state index in [-0.39, 0.29) is 25.5 Å². The molecule has 1 N–H and O–H groups in total. The van der Waals surface area contributed by atoms with Crippen LogP contribution in [0, 0.1) is 0 Å². The molecule has 0 saturated carbocycles. The van der Waals surface area contributed by atoms with Gasteiger partial charge in [-0.2, -0.15) is 0 Å². The first-order valence-corrected chi connectivity index (χ1v) is 10.3. The minimum atomic E-state index is -0.474. The number of imidazole rings is 1. The number of aliphatic hydroxyl groups is 1. The Hall–Kier alpha value is -3.98. The summed E-state index contributed by atoms with van der Waals surface area (Å²) in [5, 5.41) is 18.4. The molecule has 0 radical (unpaired) electrons. The van der Waals surface area contributed by atoms with Crippen molar-refractivity contribution in [2.24, 2.45) is 0 Å². The largest absolute Gasteiger partial charge is 0.487 e. The molecule has 0 amide bonds. The topological polar surface area (TPSA) is 104 Å². The number of aromatic nitrogens is 5. The van der Waals surface area contributed by atoms with E-state index < -0.39 is 5.97 Å². The van der Waals surface area contributed by atoms with Crippen LogP contribution in [-0.2, 0) is 24.4 Å². The van der Waals surface area contributed by atoms with E-state index in [1.54, 1.807) is 17.9 Å². The Morgan fingerprint density at radius 2 is 1.97 bits per heavy atom. The van der Waals surface area contributed by atoms with Crippen LogP contribution in [0.25, 0.3) is 11.4 Å². The van der Waals surface area contributed by atoms with Gasteiger partial charge in [-0.25, -0.2) is 14.5 Å². The van der Waals surface area contributed by atoms with Crippen LogP contribution in [0.2, 0.25) is 0 Å². The van der Waals surface area contributed by atoms with Gasteiger partial charge in [-0.3, -0.25) is 4.57 Å². The third-order valence-electron chi connectivity index (χ3n) is 5.34. The second-order valence-electron chi connectivity index (χ2n) is 7.28. The highest BCUT2D eigenvalue weighted by molar-refractivity contribution is 5.89. The van der Waals surface area contributed by atoms with Crippen LogP contribution >= 0.6 is 0 Å². The number of benzene rings is 2. The summed E-state index contributed by atoms with van der Waals surface area (Å²) in [6.07, 6.45) is 1.97. The fraction of sp³-hybridized carbons (Fsp3) is 0.217. The number of fused-ring (bicyclic) bond motifs is 5. The van der Waals surface area contributed by atoms with Crippen molar-refractivity contribution in [1.29, 1.82) is 0 Å². The van der Waals surface area contributed by atoms with Gasteiger partial charge in [-0.15, -0.1) is 5.10 Å². The van der Waals surface area contributed by atoms with Crippen LogP contribution in [0.1, 0.15) is 40.1 Å². The molecule has 0 aliphatic carbocycles. The smallest absolute Gasteiger partial charge is 0.358 e. The second kappa shape index (κ2) is 8.27. The fourth-order valence-electron chi connectivity index (χ4n) is 3.80. The van der Waals surface area contributed by atoms with Crippen LogP contribution in [-0.4, -0.2) is 42.2 Å². The van der Waals surface area contributed by atoms with Crippen molar-refractivity contribution < 1.29 is 19.4 Å². The van der Waals surface area contributed by atoms with Crippen molar-refractivity contribution in [1.82, 2.24) is 24.5 Å². The van der Waals surface area contributed by atoms with E-state index in [1.807, 2.05) is 53.1 Å². The Balaban J connectivity index is 1.62. The molecule has 0 unspecified atom stereocenters. The number of hydrogen-bond donors (Lipinski definition) is 1. The van der Waals surface area contributed by atoms with E-state index in [4.69, 9.17) is 9.47 Å². The van der Waals surface area contributed by atoms with Gasteiger partial charge < -0.3 is 14.6 Å². The number of rotatable bonds is 6. The maximum Gasteiger partial charge on any atom is 0.358 e. The number of carbonyl (C=O) groups excluding carboxylic acids is 1. The summed E-state index contributed by atoms with van der Waals surface area (Å²) in [4.78, 5) is 16.9. The molecule has 2 aromatic heterocycles. The third-order valence-corrected chi connectivity index (χ3v) is 5.34. The summed E-state index contributed by atoms with van der Waals surface area (Å²) in [6.45, 7) is 2.14. The van der Waals surface area contributed by atoms with Crippen LogP contribution in [0.4, 0.5) is 0 Å².